The van der Waals surface area contributed by atoms with Crippen LogP contribution in [0.2, 0.25) is 0 Å². The fraction of sp³-hybridized carbons (Fsp3) is 1.00. The number of hydrogen-bond donors (Lipinski definition) is 1. The molecule has 0 rings (SSSR count). The Morgan fingerprint density at radius 1 is 0.706 bits per heavy atom. The SMILES string of the molecule is CCCCCCCCCCCCN.ClC(Cl)Cl. The van der Waals surface area contributed by atoms with Gasteiger partial charge in [0.05, 0.1) is 0 Å². The van der Waals surface area contributed by atoms with Gasteiger partial charge in [0.25, 0.3) is 0 Å². The molecule has 0 aromatic carbocycles. The van der Waals surface area contributed by atoms with Crippen LogP contribution in [0.15, 0.2) is 0 Å². The summed E-state index contributed by atoms with van der Waals surface area (Å²) in [5.74, 6) is 0. The van der Waals surface area contributed by atoms with Crippen molar-refractivity contribution in [3.63, 3.8) is 0 Å². The van der Waals surface area contributed by atoms with E-state index in [0.29, 0.717) is 0 Å². The number of unbranched alkanes of at least 4 members (excludes halogenated alkanes) is 9. The summed E-state index contributed by atoms with van der Waals surface area (Å²) in [5, 5.41) is 0. The lowest BCUT2D eigenvalue weighted by Crippen LogP contribution is -1.97. The highest BCUT2D eigenvalue weighted by molar-refractivity contribution is 6.63. The molecule has 0 aromatic rings. The Kier molecular flexibility index (Phi) is 22.7. The molecule has 0 bridgehead atoms. The van der Waals surface area contributed by atoms with Gasteiger partial charge in [-0.3, -0.25) is 0 Å². The predicted octanol–water partition coefficient (Wildman–Crippen LogP) is 5.85. The third-order valence-corrected chi connectivity index (χ3v) is 2.56. The molecule has 0 atom stereocenters. The van der Waals surface area contributed by atoms with Crippen LogP contribution in [0.5, 0.6) is 0 Å². The average molecular weight is 305 g/mol. The lowest BCUT2D eigenvalue weighted by Gasteiger charge is -2.00. The number of nitrogens with two attached hydrogens (primary N) is 1. The molecule has 4 heteroatoms. The van der Waals surface area contributed by atoms with Crippen LogP contribution < -0.4 is 5.73 Å². The summed E-state index contributed by atoms with van der Waals surface area (Å²) in [5.41, 5.74) is 5.42. The molecule has 0 fully saturated rings. The molecule has 0 spiro atoms. The van der Waals surface area contributed by atoms with Crippen molar-refractivity contribution in [2.45, 2.75) is 75.4 Å². The first-order chi connectivity index (χ1) is 8.15. The van der Waals surface area contributed by atoms with E-state index in [1.807, 2.05) is 0 Å². The number of alkyl halides is 3. The third kappa shape index (κ3) is 31.6. The second-order valence-corrected chi connectivity index (χ2v) is 6.20. The fourth-order valence-electron chi connectivity index (χ4n) is 1.63. The molecule has 0 amide bonds. The molecule has 17 heavy (non-hydrogen) atoms. The second kappa shape index (κ2) is 19.2. The summed E-state index contributed by atoms with van der Waals surface area (Å²) in [4.78, 5) is 0. The van der Waals surface area contributed by atoms with E-state index in [1.54, 1.807) is 0 Å². The number of halogens is 3. The van der Waals surface area contributed by atoms with E-state index in [2.05, 4.69) is 6.92 Å². The molecule has 106 valence electrons. The highest BCUT2D eigenvalue weighted by Crippen LogP contribution is 2.09. The van der Waals surface area contributed by atoms with E-state index in [9.17, 15) is 0 Å². The van der Waals surface area contributed by atoms with Crippen molar-refractivity contribution in [3.05, 3.63) is 0 Å². The van der Waals surface area contributed by atoms with Crippen LogP contribution in [0.3, 0.4) is 0 Å². The van der Waals surface area contributed by atoms with Gasteiger partial charge in [0.1, 0.15) is 0 Å². The van der Waals surface area contributed by atoms with Gasteiger partial charge in [0.15, 0.2) is 4.30 Å². The number of hydrogen-bond acceptors (Lipinski definition) is 1. The maximum absolute atomic E-state index is 5.42. The topological polar surface area (TPSA) is 26.0 Å². The summed E-state index contributed by atoms with van der Waals surface area (Å²) < 4.78 is -0.750. The molecule has 0 aliphatic heterocycles. The minimum Gasteiger partial charge on any atom is -0.330 e. The largest absolute Gasteiger partial charge is 0.330 e. The minimum atomic E-state index is -0.750. The zero-order valence-electron chi connectivity index (χ0n) is 11.1. The molecule has 0 aliphatic carbocycles. The van der Waals surface area contributed by atoms with Crippen molar-refractivity contribution in [3.8, 4) is 0 Å². The van der Waals surface area contributed by atoms with E-state index in [4.69, 9.17) is 40.5 Å². The molecular weight excluding hydrogens is 277 g/mol. The summed E-state index contributed by atoms with van der Waals surface area (Å²) in [7, 11) is 0. The Hall–Kier alpha value is 0.830. The van der Waals surface area contributed by atoms with Gasteiger partial charge in [-0.15, -0.1) is 0 Å². The molecule has 0 saturated carbocycles. The summed E-state index contributed by atoms with van der Waals surface area (Å²) in [6.45, 7) is 3.14. The average Bonchev–Trinajstić information content (AvgIpc) is 2.26. The van der Waals surface area contributed by atoms with E-state index in [1.165, 1.54) is 64.2 Å². The monoisotopic (exact) mass is 303 g/mol. The lowest BCUT2D eigenvalue weighted by atomic mass is 10.1. The summed E-state index contributed by atoms with van der Waals surface area (Å²) in [6, 6.07) is 0. The smallest absolute Gasteiger partial charge is 0.180 e. The molecule has 0 saturated heterocycles. The highest BCUT2D eigenvalue weighted by atomic mass is 35.6. The van der Waals surface area contributed by atoms with Crippen LogP contribution in [0.4, 0.5) is 0 Å². The van der Waals surface area contributed by atoms with Gasteiger partial charge >= 0.3 is 0 Å². The first-order valence-corrected chi connectivity index (χ1v) is 8.08. The first-order valence-electron chi connectivity index (χ1n) is 6.77. The van der Waals surface area contributed by atoms with Crippen molar-refractivity contribution in [2.24, 2.45) is 5.73 Å². The zero-order chi connectivity index (χ0) is 13.4. The maximum Gasteiger partial charge on any atom is 0.180 e. The molecule has 0 aliphatic rings. The van der Waals surface area contributed by atoms with Gasteiger partial charge in [-0.2, -0.15) is 0 Å². The van der Waals surface area contributed by atoms with Crippen LogP contribution in [0.1, 0.15) is 71.1 Å². The van der Waals surface area contributed by atoms with Crippen LogP contribution >= 0.6 is 34.8 Å². The molecular formula is C13H28Cl3N. The Morgan fingerprint density at radius 2 is 1.00 bits per heavy atom. The molecule has 0 heterocycles. The zero-order valence-corrected chi connectivity index (χ0v) is 13.3. The van der Waals surface area contributed by atoms with Crippen molar-refractivity contribution in [1.29, 1.82) is 0 Å². The van der Waals surface area contributed by atoms with Crippen molar-refractivity contribution in [2.75, 3.05) is 6.54 Å². The summed E-state index contributed by atoms with van der Waals surface area (Å²) in [6.07, 6.45) is 13.9. The van der Waals surface area contributed by atoms with E-state index in [0.717, 1.165) is 6.54 Å². The van der Waals surface area contributed by atoms with Crippen LogP contribution in [-0.2, 0) is 0 Å². The minimum absolute atomic E-state index is 0.750. The quantitative estimate of drug-likeness (QED) is 0.397. The molecule has 2 N–H and O–H groups in total. The fourth-order valence-corrected chi connectivity index (χ4v) is 1.63. The Balaban J connectivity index is 0. The van der Waals surface area contributed by atoms with Crippen molar-refractivity contribution in [1.82, 2.24) is 0 Å². The maximum atomic E-state index is 5.42. The van der Waals surface area contributed by atoms with E-state index in [-0.39, 0.29) is 0 Å². The highest BCUT2D eigenvalue weighted by Gasteiger charge is 1.91. The van der Waals surface area contributed by atoms with Crippen LogP contribution in [0, 0.1) is 0 Å². The van der Waals surface area contributed by atoms with Crippen molar-refractivity contribution < 1.29 is 0 Å². The first kappa shape index (κ1) is 20.2. The standard InChI is InChI=1S/C12H27N.CHCl3/c1-2-3-4-5-6-7-8-9-10-11-12-13;2-1(3)4/h2-13H2,1H3;1H. The van der Waals surface area contributed by atoms with Gasteiger partial charge in [0.2, 0.25) is 0 Å². The Labute approximate surface area is 122 Å². The molecule has 1 nitrogen and oxygen atoms in total. The van der Waals surface area contributed by atoms with Gasteiger partial charge in [-0.05, 0) is 13.0 Å². The number of rotatable bonds is 10. The van der Waals surface area contributed by atoms with E-state index >= 15 is 0 Å². The Bertz CT molecular complexity index is 108. The predicted molar refractivity (Wildman–Crippen MR) is 82.2 cm³/mol. The molecule has 0 radical (unpaired) electrons. The second-order valence-electron chi connectivity index (χ2n) is 4.22. The molecule has 0 aromatic heterocycles. The Morgan fingerprint density at radius 3 is 1.29 bits per heavy atom. The lowest BCUT2D eigenvalue weighted by molar-refractivity contribution is 0.558. The van der Waals surface area contributed by atoms with Gasteiger partial charge in [-0.25, -0.2) is 0 Å². The normalized spacial score (nSPS) is 10.2. The third-order valence-electron chi connectivity index (χ3n) is 2.56. The van der Waals surface area contributed by atoms with Gasteiger partial charge < -0.3 is 5.73 Å². The van der Waals surface area contributed by atoms with E-state index < -0.39 is 4.30 Å². The van der Waals surface area contributed by atoms with Crippen molar-refractivity contribution >= 4 is 34.8 Å². The van der Waals surface area contributed by atoms with Gasteiger partial charge in [-0.1, -0.05) is 99.5 Å². The van der Waals surface area contributed by atoms with Crippen LogP contribution in [-0.4, -0.2) is 10.8 Å². The molecule has 0 unspecified atom stereocenters. The van der Waals surface area contributed by atoms with Gasteiger partial charge in [0, 0.05) is 0 Å². The summed E-state index contributed by atoms with van der Waals surface area (Å²) >= 11 is 14.4. The van der Waals surface area contributed by atoms with Crippen LogP contribution in [0.25, 0.3) is 0 Å².